The van der Waals surface area contributed by atoms with Gasteiger partial charge in [0.2, 0.25) is 15.9 Å². The number of nitrogens with zero attached hydrogens (tertiary/aromatic N) is 1. The number of sulfonamides is 1. The van der Waals surface area contributed by atoms with Crippen LogP contribution in [-0.2, 0) is 19.6 Å². The van der Waals surface area contributed by atoms with E-state index in [1.54, 1.807) is 4.90 Å². The van der Waals surface area contributed by atoms with Crippen molar-refractivity contribution in [2.24, 2.45) is 5.41 Å². The smallest absolute Gasteiger partial charge is 0.310 e. The Bertz CT molecular complexity index is 512. The van der Waals surface area contributed by atoms with Crippen molar-refractivity contribution in [2.75, 3.05) is 19.3 Å². The standard InChI is InChI=1S/C12H20N2O5S/c1-20(18,19)13-9-3-6-14(8-9)10(15)7-12(11(16)17)4-2-5-12/h9,13H,2-8H2,1H3,(H,16,17). The normalized spacial score (nSPS) is 25.2. The third-order valence-corrected chi connectivity index (χ3v) is 4.94. The van der Waals surface area contributed by atoms with Crippen LogP contribution in [0.15, 0.2) is 0 Å². The fourth-order valence-corrected chi connectivity index (χ4v) is 3.65. The Morgan fingerprint density at radius 3 is 2.50 bits per heavy atom. The van der Waals surface area contributed by atoms with Crippen molar-refractivity contribution >= 4 is 21.9 Å². The number of carboxylic acids is 1. The van der Waals surface area contributed by atoms with Gasteiger partial charge in [-0.2, -0.15) is 0 Å². The van der Waals surface area contributed by atoms with Crippen LogP contribution in [0.3, 0.4) is 0 Å². The molecule has 7 nitrogen and oxygen atoms in total. The summed E-state index contributed by atoms with van der Waals surface area (Å²) in [6.45, 7) is 0.795. The molecule has 1 heterocycles. The summed E-state index contributed by atoms with van der Waals surface area (Å²) in [5.74, 6) is -1.09. The average molecular weight is 304 g/mol. The molecule has 0 spiro atoms. The second-order valence-electron chi connectivity index (χ2n) is 5.83. The van der Waals surface area contributed by atoms with E-state index in [9.17, 15) is 23.1 Å². The van der Waals surface area contributed by atoms with Gasteiger partial charge in [-0.1, -0.05) is 6.42 Å². The second-order valence-corrected chi connectivity index (χ2v) is 7.61. The van der Waals surface area contributed by atoms with Gasteiger partial charge in [-0.25, -0.2) is 13.1 Å². The largest absolute Gasteiger partial charge is 0.481 e. The zero-order valence-corrected chi connectivity index (χ0v) is 12.3. The molecule has 0 aromatic rings. The van der Waals surface area contributed by atoms with Gasteiger partial charge in [0.25, 0.3) is 0 Å². The summed E-state index contributed by atoms with van der Waals surface area (Å²) in [5.41, 5.74) is -0.889. The van der Waals surface area contributed by atoms with E-state index >= 15 is 0 Å². The van der Waals surface area contributed by atoms with E-state index in [1.165, 1.54) is 0 Å². The first-order chi connectivity index (χ1) is 9.22. The molecule has 0 radical (unpaired) electrons. The molecule has 0 bridgehead atoms. The Hall–Kier alpha value is -1.15. The molecule has 20 heavy (non-hydrogen) atoms. The first-order valence-corrected chi connectivity index (χ1v) is 8.59. The molecule has 2 fully saturated rings. The lowest BCUT2D eigenvalue weighted by molar-refractivity contribution is -0.159. The summed E-state index contributed by atoms with van der Waals surface area (Å²) >= 11 is 0. The predicted molar refractivity (Wildman–Crippen MR) is 71.5 cm³/mol. The van der Waals surface area contributed by atoms with Crippen LogP contribution in [0, 0.1) is 5.41 Å². The molecular weight excluding hydrogens is 284 g/mol. The van der Waals surface area contributed by atoms with Crippen molar-refractivity contribution in [3.8, 4) is 0 Å². The molecule has 1 amide bonds. The Kier molecular flexibility index (Phi) is 4.06. The van der Waals surface area contributed by atoms with Crippen molar-refractivity contribution in [1.29, 1.82) is 0 Å². The number of amides is 1. The van der Waals surface area contributed by atoms with Gasteiger partial charge in [-0.3, -0.25) is 9.59 Å². The molecule has 2 rings (SSSR count). The Balaban J connectivity index is 1.90. The highest BCUT2D eigenvalue weighted by Crippen LogP contribution is 2.44. The van der Waals surface area contributed by atoms with Gasteiger partial charge in [0.1, 0.15) is 0 Å². The molecule has 0 aromatic carbocycles. The number of carbonyl (C=O) groups is 2. The highest BCUT2D eigenvalue weighted by Gasteiger charge is 2.47. The lowest BCUT2D eigenvalue weighted by Crippen LogP contribution is -2.44. The highest BCUT2D eigenvalue weighted by atomic mass is 32.2. The maximum Gasteiger partial charge on any atom is 0.310 e. The molecule has 1 unspecified atom stereocenters. The van der Waals surface area contributed by atoms with E-state index in [0.717, 1.165) is 12.7 Å². The van der Waals surface area contributed by atoms with Gasteiger partial charge in [-0.15, -0.1) is 0 Å². The lowest BCUT2D eigenvalue weighted by Gasteiger charge is -2.38. The predicted octanol–water partition coefficient (Wildman–Crippen LogP) is -0.218. The molecule has 0 aromatic heterocycles. The summed E-state index contributed by atoms with van der Waals surface area (Å²) in [4.78, 5) is 25.0. The number of rotatable bonds is 5. The molecule has 8 heteroatoms. The van der Waals surface area contributed by atoms with Gasteiger partial charge in [0.05, 0.1) is 11.7 Å². The van der Waals surface area contributed by atoms with E-state index in [4.69, 9.17) is 0 Å². The van der Waals surface area contributed by atoms with Gasteiger partial charge in [-0.05, 0) is 19.3 Å². The van der Waals surface area contributed by atoms with Crippen molar-refractivity contribution < 1.29 is 23.1 Å². The van der Waals surface area contributed by atoms with E-state index < -0.39 is 21.4 Å². The first kappa shape index (κ1) is 15.2. The third kappa shape index (κ3) is 3.29. The van der Waals surface area contributed by atoms with E-state index in [0.29, 0.717) is 32.4 Å². The number of likely N-dealkylation sites (tertiary alicyclic amines) is 1. The van der Waals surface area contributed by atoms with Gasteiger partial charge < -0.3 is 10.0 Å². The molecule has 114 valence electrons. The lowest BCUT2D eigenvalue weighted by atomic mass is 9.66. The quantitative estimate of drug-likeness (QED) is 0.731. The van der Waals surface area contributed by atoms with E-state index in [-0.39, 0.29) is 18.4 Å². The molecule has 1 aliphatic carbocycles. The Labute approximate surface area is 118 Å². The fourth-order valence-electron chi connectivity index (χ4n) is 2.86. The van der Waals surface area contributed by atoms with Crippen LogP contribution in [0.4, 0.5) is 0 Å². The Morgan fingerprint density at radius 2 is 2.05 bits per heavy atom. The first-order valence-electron chi connectivity index (χ1n) is 6.70. The summed E-state index contributed by atoms with van der Waals surface area (Å²) in [5, 5.41) is 9.22. The van der Waals surface area contributed by atoms with Crippen LogP contribution < -0.4 is 4.72 Å². The molecule has 1 atom stereocenters. The summed E-state index contributed by atoms with van der Waals surface area (Å²) in [6, 6.07) is -0.267. The van der Waals surface area contributed by atoms with E-state index in [1.807, 2.05) is 0 Å². The van der Waals surface area contributed by atoms with Crippen molar-refractivity contribution in [3.63, 3.8) is 0 Å². The minimum Gasteiger partial charge on any atom is -0.481 e. The summed E-state index contributed by atoms with van der Waals surface area (Å²) in [6.07, 6.45) is 3.62. The van der Waals surface area contributed by atoms with Crippen molar-refractivity contribution in [3.05, 3.63) is 0 Å². The van der Waals surface area contributed by atoms with Crippen LogP contribution in [0.2, 0.25) is 0 Å². The molecule has 2 aliphatic rings. The molecule has 1 aliphatic heterocycles. The van der Waals surface area contributed by atoms with Crippen LogP contribution >= 0.6 is 0 Å². The minimum atomic E-state index is -3.28. The topological polar surface area (TPSA) is 104 Å². The summed E-state index contributed by atoms with van der Waals surface area (Å²) < 4.78 is 24.8. The number of carboxylic acid groups (broad SMARTS) is 1. The molecule has 1 saturated heterocycles. The Morgan fingerprint density at radius 1 is 1.40 bits per heavy atom. The SMILES string of the molecule is CS(=O)(=O)NC1CCN(C(=O)CC2(C(=O)O)CCC2)C1. The van der Waals surface area contributed by atoms with E-state index in [2.05, 4.69) is 4.72 Å². The number of hydrogen-bond donors (Lipinski definition) is 2. The zero-order chi connectivity index (χ0) is 15.0. The van der Waals surface area contributed by atoms with Crippen LogP contribution in [0.25, 0.3) is 0 Å². The number of nitrogens with one attached hydrogen (secondary N) is 1. The van der Waals surface area contributed by atoms with Crippen molar-refractivity contribution in [2.45, 2.75) is 38.1 Å². The maximum atomic E-state index is 12.2. The van der Waals surface area contributed by atoms with Gasteiger partial charge in [0, 0.05) is 25.6 Å². The minimum absolute atomic E-state index is 0.0218. The maximum absolute atomic E-state index is 12.2. The molecule has 1 saturated carbocycles. The number of aliphatic carboxylic acids is 1. The monoisotopic (exact) mass is 304 g/mol. The fraction of sp³-hybridized carbons (Fsp3) is 0.833. The van der Waals surface area contributed by atoms with Gasteiger partial charge >= 0.3 is 5.97 Å². The van der Waals surface area contributed by atoms with Crippen LogP contribution in [-0.4, -0.2) is 55.7 Å². The average Bonchev–Trinajstić information content (AvgIpc) is 2.68. The van der Waals surface area contributed by atoms with Crippen molar-refractivity contribution in [1.82, 2.24) is 9.62 Å². The summed E-state index contributed by atoms with van der Waals surface area (Å²) in [7, 11) is -3.28. The molecular formula is C12H20N2O5S. The number of carbonyl (C=O) groups excluding carboxylic acids is 1. The third-order valence-electron chi connectivity index (χ3n) is 4.18. The highest BCUT2D eigenvalue weighted by molar-refractivity contribution is 7.88. The second kappa shape index (κ2) is 5.33. The van der Waals surface area contributed by atoms with Crippen LogP contribution in [0.5, 0.6) is 0 Å². The van der Waals surface area contributed by atoms with Crippen LogP contribution in [0.1, 0.15) is 32.1 Å². The number of hydrogen-bond acceptors (Lipinski definition) is 4. The molecule has 2 N–H and O–H groups in total. The zero-order valence-electron chi connectivity index (χ0n) is 11.5. The van der Waals surface area contributed by atoms with Gasteiger partial charge in [0.15, 0.2) is 0 Å².